The van der Waals surface area contributed by atoms with Gasteiger partial charge in [0.15, 0.2) is 0 Å². The van der Waals surface area contributed by atoms with Gasteiger partial charge in [0.05, 0.1) is 0 Å². The molecule has 0 saturated carbocycles. The van der Waals surface area contributed by atoms with Gasteiger partial charge in [-0.1, -0.05) is 0 Å². The number of hydrogen-bond acceptors (Lipinski definition) is 3. The van der Waals surface area contributed by atoms with Gasteiger partial charge in [-0.05, 0) is 63.8 Å². The highest BCUT2D eigenvalue weighted by Crippen LogP contribution is 2.20. The van der Waals surface area contributed by atoms with E-state index in [1.54, 1.807) is 12.1 Å². The van der Waals surface area contributed by atoms with Gasteiger partial charge in [0.1, 0.15) is 5.82 Å². The third kappa shape index (κ3) is 3.21. The second kappa shape index (κ2) is 5.67. The van der Waals surface area contributed by atoms with Crippen LogP contribution in [0.5, 0.6) is 0 Å². The average molecular weight is 251 g/mol. The minimum Gasteiger partial charge on any atom is -0.398 e. The number of anilines is 1. The van der Waals surface area contributed by atoms with Crippen LogP contribution in [0.15, 0.2) is 18.2 Å². The van der Waals surface area contributed by atoms with E-state index in [4.69, 9.17) is 5.73 Å². The zero-order valence-electron chi connectivity index (χ0n) is 11.2. The van der Waals surface area contributed by atoms with Crippen LogP contribution in [0.4, 0.5) is 10.1 Å². The molecule has 0 unspecified atom stereocenters. The molecule has 4 heteroatoms. The van der Waals surface area contributed by atoms with Crippen LogP contribution in [0.3, 0.4) is 0 Å². The Labute approximate surface area is 108 Å². The molecule has 2 N–H and O–H groups in total. The predicted molar refractivity (Wildman–Crippen MR) is 72.8 cm³/mol. The topological polar surface area (TPSA) is 32.5 Å². The van der Waals surface area contributed by atoms with Crippen LogP contribution >= 0.6 is 0 Å². The summed E-state index contributed by atoms with van der Waals surface area (Å²) in [6, 6.07) is 5.29. The molecule has 0 spiro atoms. The number of hydrogen-bond donors (Lipinski definition) is 1. The number of likely N-dealkylation sites (tertiary alicyclic amines) is 1. The van der Waals surface area contributed by atoms with Crippen LogP contribution < -0.4 is 5.73 Å². The largest absolute Gasteiger partial charge is 0.398 e. The molecule has 0 atom stereocenters. The second-order valence-electron chi connectivity index (χ2n) is 5.31. The van der Waals surface area contributed by atoms with E-state index in [2.05, 4.69) is 23.9 Å². The number of benzene rings is 1. The van der Waals surface area contributed by atoms with Crippen LogP contribution in [-0.2, 0) is 6.54 Å². The number of rotatable bonds is 3. The summed E-state index contributed by atoms with van der Waals surface area (Å²) in [5, 5.41) is 0. The molecule has 1 aromatic rings. The molecule has 18 heavy (non-hydrogen) atoms. The van der Waals surface area contributed by atoms with Crippen molar-refractivity contribution in [2.45, 2.75) is 25.4 Å². The number of piperidine rings is 1. The molecule has 0 radical (unpaired) electrons. The van der Waals surface area contributed by atoms with E-state index in [1.807, 2.05) is 0 Å². The van der Waals surface area contributed by atoms with E-state index in [1.165, 1.54) is 18.9 Å². The number of halogens is 1. The first-order valence-electron chi connectivity index (χ1n) is 6.49. The summed E-state index contributed by atoms with van der Waals surface area (Å²) in [5.74, 6) is -0.206. The molecule has 1 fully saturated rings. The van der Waals surface area contributed by atoms with E-state index in [0.29, 0.717) is 11.7 Å². The Balaban J connectivity index is 1.93. The molecule has 1 aliphatic rings. The fourth-order valence-electron chi connectivity index (χ4n) is 2.55. The van der Waals surface area contributed by atoms with Gasteiger partial charge in [-0.15, -0.1) is 0 Å². The molecular formula is C14H22FN3. The van der Waals surface area contributed by atoms with Crippen molar-refractivity contribution in [3.05, 3.63) is 29.6 Å². The summed E-state index contributed by atoms with van der Waals surface area (Å²) in [6.45, 7) is 2.86. The fraction of sp³-hybridized carbons (Fsp3) is 0.571. The van der Waals surface area contributed by atoms with E-state index in [0.717, 1.165) is 25.2 Å². The number of nitrogen functional groups attached to an aromatic ring is 1. The van der Waals surface area contributed by atoms with Crippen molar-refractivity contribution in [2.75, 3.05) is 32.9 Å². The monoisotopic (exact) mass is 251 g/mol. The highest BCUT2D eigenvalue weighted by atomic mass is 19.1. The Morgan fingerprint density at radius 3 is 2.61 bits per heavy atom. The lowest BCUT2D eigenvalue weighted by Gasteiger charge is -2.35. The Kier molecular flexibility index (Phi) is 4.19. The summed E-state index contributed by atoms with van der Waals surface area (Å²) in [7, 11) is 4.26. The summed E-state index contributed by atoms with van der Waals surface area (Å²) in [6.07, 6.45) is 2.34. The van der Waals surface area contributed by atoms with Gasteiger partial charge in [0.25, 0.3) is 0 Å². The van der Waals surface area contributed by atoms with Gasteiger partial charge in [-0.2, -0.15) is 0 Å². The maximum Gasteiger partial charge on any atom is 0.123 e. The smallest absolute Gasteiger partial charge is 0.123 e. The van der Waals surface area contributed by atoms with Crippen LogP contribution in [0.1, 0.15) is 18.4 Å². The van der Waals surface area contributed by atoms with Crippen LogP contribution in [-0.4, -0.2) is 43.0 Å². The SMILES string of the molecule is CN(C)C1CCN(Cc2cc(F)ccc2N)CC1. The number of nitrogens with two attached hydrogens (primary N) is 1. The van der Waals surface area contributed by atoms with Crippen molar-refractivity contribution in [1.29, 1.82) is 0 Å². The molecule has 2 rings (SSSR count). The van der Waals surface area contributed by atoms with Crippen LogP contribution in [0.25, 0.3) is 0 Å². The molecule has 3 nitrogen and oxygen atoms in total. The van der Waals surface area contributed by atoms with Gasteiger partial charge in [0, 0.05) is 18.3 Å². The highest BCUT2D eigenvalue weighted by Gasteiger charge is 2.20. The molecule has 0 amide bonds. The minimum absolute atomic E-state index is 0.206. The lowest BCUT2D eigenvalue weighted by atomic mass is 10.0. The molecule has 0 bridgehead atoms. The summed E-state index contributed by atoms with van der Waals surface area (Å²) in [5.41, 5.74) is 7.47. The zero-order valence-corrected chi connectivity index (χ0v) is 11.2. The molecule has 1 aromatic carbocycles. The first-order valence-corrected chi connectivity index (χ1v) is 6.49. The van der Waals surface area contributed by atoms with E-state index < -0.39 is 0 Å². The van der Waals surface area contributed by atoms with Crippen molar-refractivity contribution in [3.63, 3.8) is 0 Å². The third-order valence-electron chi connectivity index (χ3n) is 3.79. The summed E-state index contributed by atoms with van der Waals surface area (Å²) >= 11 is 0. The molecule has 1 aliphatic heterocycles. The normalized spacial score (nSPS) is 18.4. The highest BCUT2D eigenvalue weighted by molar-refractivity contribution is 5.46. The first-order chi connectivity index (χ1) is 8.56. The molecular weight excluding hydrogens is 229 g/mol. The molecule has 0 aliphatic carbocycles. The van der Waals surface area contributed by atoms with Crippen molar-refractivity contribution < 1.29 is 4.39 Å². The fourth-order valence-corrected chi connectivity index (χ4v) is 2.55. The molecule has 1 heterocycles. The lowest BCUT2D eigenvalue weighted by molar-refractivity contribution is 0.140. The quantitative estimate of drug-likeness (QED) is 0.833. The van der Waals surface area contributed by atoms with E-state index >= 15 is 0 Å². The summed E-state index contributed by atoms with van der Waals surface area (Å²) < 4.78 is 13.2. The van der Waals surface area contributed by atoms with Crippen molar-refractivity contribution in [2.24, 2.45) is 0 Å². The second-order valence-corrected chi connectivity index (χ2v) is 5.31. The van der Waals surface area contributed by atoms with Crippen LogP contribution in [0.2, 0.25) is 0 Å². The van der Waals surface area contributed by atoms with Gasteiger partial charge >= 0.3 is 0 Å². The van der Waals surface area contributed by atoms with Gasteiger partial charge in [-0.3, -0.25) is 4.90 Å². The molecule has 0 aromatic heterocycles. The maximum absolute atomic E-state index is 13.2. The average Bonchev–Trinajstić information content (AvgIpc) is 2.34. The Morgan fingerprint density at radius 2 is 2.00 bits per heavy atom. The molecule has 1 saturated heterocycles. The third-order valence-corrected chi connectivity index (χ3v) is 3.79. The van der Waals surface area contributed by atoms with Crippen molar-refractivity contribution >= 4 is 5.69 Å². The Bertz CT molecular complexity index is 398. The maximum atomic E-state index is 13.2. The Morgan fingerprint density at radius 1 is 1.33 bits per heavy atom. The van der Waals surface area contributed by atoms with Crippen molar-refractivity contribution in [3.8, 4) is 0 Å². The zero-order chi connectivity index (χ0) is 13.1. The van der Waals surface area contributed by atoms with Gasteiger partial charge in [-0.25, -0.2) is 4.39 Å². The van der Waals surface area contributed by atoms with Crippen LogP contribution in [0, 0.1) is 5.82 Å². The van der Waals surface area contributed by atoms with E-state index in [9.17, 15) is 4.39 Å². The first kappa shape index (κ1) is 13.3. The van der Waals surface area contributed by atoms with Gasteiger partial charge in [0.2, 0.25) is 0 Å². The number of nitrogens with zero attached hydrogens (tertiary/aromatic N) is 2. The minimum atomic E-state index is -0.206. The van der Waals surface area contributed by atoms with E-state index in [-0.39, 0.29) is 5.82 Å². The van der Waals surface area contributed by atoms with Gasteiger partial charge < -0.3 is 10.6 Å². The summed E-state index contributed by atoms with van der Waals surface area (Å²) in [4.78, 5) is 4.64. The Hall–Kier alpha value is -1.13. The molecule has 100 valence electrons. The standard InChI is InChI=1S/C14H22FN3/c1-17(2)13-5-7-18(8-6-13)10-11-9-12(15)3-4-14(11)16/h3-4,9,13H,5-8,10,16H2,1-2H3. The van der Waals surface area contributed by atoms with Crippen molar-refractivity contribution in [1.82, 2.24) is 9.80 Å². The predicted octanol–water partition coefficient (Wildman–Crippen LogP) is 1.93. The lowest BCUT2D eigenvalue weighted by Crippen LogP contribution is -2.41.